The van der Waals surface area contributed by atoms with E-state index in [0.717, 1.165) is 25.3 Å². The average molecular weight is 282 g/mol. The molecule has 2 heteroatoms. The van der Waals surface area contributed by atoms with E-state index in [2.05, 4.69) is 56.9 Å². The van der Waals surface area contributed by atoms with Crippen LogP contribution in [0.3, 0.4) is 0 Å². The maximum Gasteiger partial charge on any atom is 0.0314 e. The molecule has 0 bridgehead atoms. The van der Waals surface area contributed by atoms with Crippen LogP contribution in [0.25, 0.3) is 0 Å². The molecule has 0 aliphatic carbocycles. The van der Waals surface area contributed by atoms with Crippen LogP contribution in [-0.4, -0.2) is 11.4 Å². The third-order valence-electron chi connectivity index (χ3n) is 4.06. The van der Waals surface area contributed by atoms with E-state index in [0.29, 0.717) is 0 Å². The van der Waals surface area contributed by atoms with E-state index in [1.165, 1.54) is 27.8 Å². The molecule has 2 aromatic rings. The molecule has 0 fully saturated rings. The zero-order valence-corrected chi connectivity index (χ0v) is 13.6. The number of anilines is 1. The molecule has 0 saturated heterocycles. The summed E-state index contributed by atoms with van der Waals surface area (Å²) >= 11 is 0. The molecule has 0 unspecified atom stereocenters. The number of hydrogen-bond acceptors (Lipinski definition) is 2. The molecule has 0 saturated carbocycles. The van der Waals surface area contributed by atoms with Crippen LogP contribution in [-0.2, 0) is 13.1 Å². The van der Waals surface area contributed by atoms with E-state index in [-0.39, 0.29) is 0 Å². The molecule has 0 radical (unpaired) electrons. The number of aryl methyl sites for hydroxylation is 3. The number of hydrogen-bond donors (Lipinski definition) is 1. The molecule has 21 heavy (non-hydrogen) atoms. The van der Waals surface area contributed by atoms with E-state index >= 15 is 0 Å². The van der Waals surface area contributed by atoms with E-state index in [9.17, 15) is 0 Å². The van der Waals surface area contributed by atoms with Gasteiger partial charge in [0.25, 0.3) is 0 Å². The fourth-order valence-electron chi connectivity index (χ4n) is 2.84. The number of rotatable bonds is 5. The van der Waals surface area contributed by atoms with Gasteiger partial charge in [-0.2, -0.15) is 0 Å². The SMILES string of the molecule is CCN(Cc1ccc(N)cc1)Cc1c(C)cc(C)cc1C. The van der Waals surface area contributed by atoms with Gasteiger partial charge in [0.15, 0.2) is 0 Å². The molecule has 2 nitrogen and oxygen atoms in total. The van der Waals surface area contributed by atoms with Crippen LogP contribution >= 0.6 is 0 Å². The van der Waals surface area contributed by atoms with Crippen molar-refractivity contribution >= 4 is 5.69 Å². The maximum atomic E-state index is 5.75. The van der Waals surface area contributed by atoms with Crippen molar-refractivity contribution in [2.75, 3.05) is 12.3 Å². The summed E-state index contributed by atoms with van der Waals surface area (Å²) in [7, 11) is 0. The molecule has 112 valence electrons. The summed E-state index contributed by atoms with van der Waals surface area (Å²) in [6, 6.07) is 12.7. The zero-order valence-electron chi connectivity index (χ0n) is 13.6. The van der Waals surface area contributed by atoms with Gasteiger partial charge in [-0.1, -0.05) is 36.8 Å². The molecule has 0 aliphatic rings. The highest BCUT2D eigenvalue weighted by atomic mass is 15.1. The Morgan fingerprint density at radius 3 is 2.00 bits per heavy atom. The van der Waals surface area contributed by atoms with Gasteiger partial charge in [0.2, 0.25) is 0 Å². The van der Waals surface area contributed by atoms with Crippen LogP contribution in [0.1, 0.15) is 34.7 Å². The first-order valence-electron chi connectivity index (χ1n) is 7.63. The Labute approximate surface area is 128 Å². The minimum atomic E-state index is 0.826. The average Bonchev–Trinajstić information content (AvgIpc) is 2.43. The van der Waals surface area contributed by atoms with Crippen molar-refractivity contribution in [3.8, 4) is 0 Å². The number of benzene rings is 2. The van der Waals surface area contributed by atoms with Gasteiger partial charge in [-0.05, 0) is 61.7 Å². The Morgan fingerprint density at radius 2 is 1.48 bits per heavy atom. The summed E-state index contributed by atoms with van der Waals surface area (Å²) in [5.74, 6) is 0. The molecule has 0 aromatic heterocycles. The van der Waals surface area contributed by atoms with Crippen LogP contribution in [0, 0.1) is 20.8 Å². The Hall–Kier alpha value is -1.80. The Morgan fingerprint density at radius 1 is 0.905 bits per heavy atom. The van der Waals surface area contributed by atoms with Crippen molar-refractivity contribution in [3.05, 3.63) is 64.2 Å². The summed E-state index contributed by atoms with van der Waals surface area (Å²) < 4.78 is 0. The van der Waals surface area contributed by atoms with Crippen LogP contribution < -0.4 is 5.73 Å². The molecule has 0 atom stereocenters. The molecular formula is C19H26N2. The lowest BCUT2D eigenvalue weighted by Crippen LogP contribution is -2.23. The lowest BCUT2D eigenvalue weighted by atomic mass is 9.99. The van der Waals surface area contributed by atoms with Gasteiger partial charge in [0, 0.05) is 18.8 Å². The van der Waals surface area contributed by atoms with Gasteiger partial charge >= 0.3 is 0 Å². The number of nitrogens with two attached hydrogens (primary N) is 1. The standard InChI is InChI=1S/C19H26N2/c1-5-21(12-17-6-8-18(20)9-7-17)13-19-15(3)10-14(2)11-16(19)4/h6-11H,5,12-13,20H2,1-4H3. The van der Waals surface area contributed by atoms with Crippen LogP contribution in [0.2, 0.25) is 0 Å². The number of nitrogens with zero attached hydrogens (tertiary/aromatic N) is 1. The molecule has 0 spiro atoms. The zero-order chi connectivity index (χ0) is 15.4. The molecule has 2 rings (SSSR count). The van der Waals surface area contributed by atoms with Gasteiger partial charge in [-0.25, -0.2) is 0 Å². The van der Waals surface area contributed by atoms with Gasteiger partial charge in [0.1, 0.15) is 0 Å². The normalized spacial score (nSPS) is 11.1. The first-order chi connectivity index (χ1) is 9.99. The first kappa shape index (κ1) is 15.6. The Balaban J connectivity index is 2.14. The molecular weight excluding hydrogens is 256 g/mol. The minimum absolute atomic E-state index is 0.826. The van der Waals surface area contributed by atoms with Gasteiger partial charge in [-0.15, -0.1) is 0 Å². The minimum Gasteiger partial charge on any atom is -0.399 e. The number of nitrogen functional groups attached to an aromatic ring is 1. The van der Waals surface area contributed by atoms with Gasteiger partial charge in [0.05, 0.1) is 0 Å². The van der Waals surface area contributed by atoms with E-state index in [4.69, 9.17) is 5.73 Å². The molecule has 0 aliphatic heterocycles. The van der Waals surface area contributed by atoms with Crippen molar-refractivity contribution < 1.29 is 0 Å². The van der Waals surface area contributed by atoms with Gasteiger partial charge in [-0.3, -0.25) is 4.90 Å². The molecule has 2 N–H and O–H groups in total. The second-order valence-corrected chi connectivity index (χ2v) is 5.92. The fraction of sp³-hybridized carbons (Fsp3) is 0.368. The van der Waals surface area contributed by atoms with Crippen molar-refractivity contribution in [2.24, 2.45) is 0 Å². The predicted octanol–water partition coefficient (Wildman–Crippen LogP) is 4.22. The third kappa shape index (κ3) is 4.08. The molecule has 0 heterocycles. The first-order valence-corrected chi connectivity index (χ1v) is 7.63. The largest absolute Gasteiger partial charge is 0.399 e. The fourth-order valence-corrected chi connectivity index (χ4v) is 2.84. The summed E-state index contributed by atoms with van der Waals surface area (Å²) in [5.41, 5.74) is 13.5. The van der Waals surface area contributed by atoms with Crippen molar-refractivity contribution in [3.63, 3.8) is 0 Å². The Bertz CT molecular complexity index is 576. The summed E-state index contributed by atoms with van der Waals surface area (Å²) in [6.45, 7) is 11.8. The van der Waals surface area contributed by atoms with Crippen molar-refractivity contribution in [2.45, 2.75) is 40.8 Å². The lowest BCUT2D eigenvalue weighted by molar-refractivity contribution is 0.270. The van der Waals surface area contributed by atoms with E-state index in [1.807, 2.05) is 12.1 Å². The van der Waals surface area contributed by atoms with Crippen LogP contribution in [0.4, 0.5) is 5.69 Å². The summed E-state index contributed by atoms with van der Waals surface area (Å²) in [6.07, 6.45) is 0. The van der Waals surface area contributed by atoms with Crippen LogP contribution in [0.15, 0.2) is 36.4 Å². The third-order valence-corrected chi connectivity index (χ3v) is 4.06. The Kier molecular flexibility index (Phi) is 5.03. The highest BCUT2D eigenvalue weighted by Crippen LogP contribution is 2.19. The monoisotopic (exact) mass is 282 g/mol. The second-order valence-electron chi connectivity index (χ2n) is 5.92. The maximum absolute atomic E-state index is 5.75. The van der Waals surface area contributed by atoms with Gasteiger partial charge < -0.3 is 5.73 Å². The topological polar surface area (TPSA) is 29.3 Å². The molecule has 2 aromatic carbocycles. The van der Waals surface area contributed by atoms with Crippen molar-refractivity contribution in [1.29, 1.82) is 0 Å². The van der Waals surface area contributed by atoms with Crippen LogP contribution in [0.5, 0.6) is 0 Å². The lowest BCUT2D eigenvalue weighted by Gasteiger charge is -2.23. The predicted molar refractivity (Wildman–Crippen MR) is 91.3 cm³/mol. The highest BCUT2D eigenvalue weighted by Gasteiger charge is 2.10. The van der Waals surface area contributed by atoms with E-state index in [1.54, 1.807) is 0 Å². The smallest absolute Gasteiger partial charge is 0.0314 e. The quantitative estimate of drug-likeness (QED) is 0.832. The molecule has 0 amide bonds. The highest BCUT2D eigenvalue weighted by molar-refractivity contribution is 5.40. The van der Waals surface area contributed by atoms with Crippen molar-refractivity contribution in [1.82, 2.24) is 4.90 Å². The second kappa shape index (κ2) is 6.77. The summed E-state index contributed by atoms with van der Waals surface area (Å²) in [5, 5.41) is 0. The summed E-state index contributed by atoms with van der Waals surface area (Å²) in [4.78, 5) is 2.47. The van der Waals surface area contributed by atoms with E-state index < -0.39 is 0 Å².